The van der Waals surface area contributed by atoms with Gasteiger partial charge in [-0.25, -0.2) is 9.83 Å². The van der Waals surface area contributed by atoms with E-state index < -0.39 is 0 Å². The van der Waals surface area contributed by atoms with Crippen molar-refractivity contribution in [1.29, 1.82) is 0 Å². The molecule has 1 saturated heterocycles. The number of carbonyl (C=O) groups excluding carboxylic acids is 1. The summed E-state index contributed by atoms with van der Waals surface area (Å²) < 4.78 is 1.58. The fourth-order valence-electron chi connectivity index (χ4n) is 4.03. The van der Waals surface area contributed by atoms with Gasteiger partial charge in [-0.15, -0.1) is 0 Å². The molecule has 0 spiro atoms. The van der Waals surface area contributed by atoms with Crippen LogP contribution in [0.1, 0.15) is 19.3 Å². The largest absolute Gasteiger partial charge is 0.504 e. The summed E-state index contributed by atoms with van der Waals surface area (Å²) in [6, 6.07) is 12.7. The maximum atomic E-state index is 12.2. The zero-order valence-corrected chi connectivity index (χ0v) is 17.0. The molecule has 2 N–H and O–H groups in total. The SMILES string of the molecule is [C-]#[N+]c1ccc2[nH]c(-c3c(O)c(-c4ccc(N5CCCCC5=O)cc4)nn3C)nc2c1. The predicted octanol–water partition coefficient (Wildman–Crippen LogP) is 4.40. The number of H-pyrrole nitrogens is 1. The number of aromatic amines is 1. The number of rotatable bonds is 3. The number of amides is 1. The number of nitrogens with one attached hydrogen (secondary N) is 1. The van der Waals surface area contributed by atoms with Gasteiger partial charge in [0, 0.05) is 31.3 Å². The van der Waals surface area contributed by atoms with E-state index in [1.165, 1.54) is 0 Å². The summed E-state index contributed by atoms with van der Waals surface area (Å²) in [7, 11) is 1.75. The maximum Gasteiger partial charge on any atom is 0.226 e. The Morgan fingerprint density at radius 3 is 2.71 bits per heavy atom. The number of benzene rings is 2. The number of aryl methyl sites for hydroxylation is 1. The average molecular weight is 412 g/mol. The van der Waals surface area contributed by atoms with Crippen molar-refractivity contribution in [3.8, 4) is 28.5 Å². The molecule has 0 radical (unpaired) electrons. The maximum absolute atomic E-state index is 12.2. The number of aromatic nitrogens is 4. The summed E-state index contributed by atoms with van der Waals surface area (Å²) in [6.45, 7) is 7.89. The summed E-state index contributed by atoms with van der Waals surface area (Å²) in [5.74, 6) is 0.647. The Balaban J connectivity index is 1.50. The molecule has 1 amide bonds. The lowest BCUT2D eigenvalue weighted by Gasteiger charge is -2.26. The summed E-state index contributed by atoms with van der Waals surface area (Å²) in [4.78, 5) is 25.1. The summed E-state index contributed by atoms with van der Waals surface area (Å²) >= 11 is 0. The molecule has 0 saturated carbocycles. The number of hydrogen-bond donors (Lipinski definition) is 2. The summed E-state index contributed by atoms with van der Waals surface area (Å²) in [5, 5.41) is 15.4. The van der Waals surface area contributed by atoms with Crippen LogP contribution in [-0.4, -0.2) is 37.3 Å². The second-order valence-electron chi connectivity index (χ2n) is 7.62. The lowest BCUT2D eigenvalue weighted by atomic mass is 10.1. The van der Waals surface area contributed by atoms with Crippen molar-refractivity contribution in [3.63, 3.8) is 0 Å². The molecular weight excluding hydrogens is 392 g/mol. The number of anilines is 1. The van der Waals surface area contributed by atoms with Crippen molar-refractivity contribution in [2.75, 3.05) is 11.4 Å². The molecule has 154 valence electrons. The highest BCUT2D eigenvalue weighted by molar-refractivity contribution is 5.94. The van der Waals surface area contributed by atoms with Crippen LogP contribution in [-0.2, 0) is 11.8 Å². The van der Waals surface area contributed by atoms with Crippen LogP contribution in [0.2, 0.25) is 0 Å². The third-order valence-corrected chi connectivity index (χ3v) is 5.62. The van der Waals surface area contributed by atoms with E-state index >= 15 is 0 Å². The lowest BCUT2D eigenvalue weighted by Crippen LogP contribution is -2.35. The van der Waals surface area contributed by atoms with Crippen molar-refractivity contribution in [2.24, 2.45) is 7.05 Å². The van der Waals surface area contributed by atoms with Gasteiger partial charge in [-0.2, -0.15) is 5.10 Å². The Bertz CT molecular complexity index is 1340. The van der Waals surface area contributed by atoms with E-state index in [0.717, 1.165) is 36.2 Å². The van der Waals surface area contributed by atoms with Crippen molar-refractivity contribution in [1.82, 2.24) is 19.7 Å². The quantitative estimate of drug-likeness (QED) is 0.488. The van der Waals surface area contributed by atoms with Gasteiger partial charge in [0.25, 0.3) is 0 Å². The van der Waals surface area contributed by atoms with E-state index in [1.807, 2.05) is 29.2 Å². The third-order valence-electron chi connectivity index (χ3n) is 5.62. The van der Waals surface area contributed by atoms with Crippen LogP contribution in [0, 0.1) is 6.57 Å². The predicted molar refractivity (Wildman–Crippen MR) is 118 cm³/mol. The molecule has 8 nitrogen and oxygen atoms in total. The molecular formula is C23H20N6O2. The van der Waals surface area contributed by atoms with Gasteiger partial charge >= 0.3 is 0 Å². The van der Waals surface area contributed by atoms with E-state index in [-0.39, 0.29) is 11.7 Å². The molecule has 0 atom stereocenters. The van der Waals surface area contributed by atoms with Gasteiger partial charge in [0.2, 0.25) is 5.91 Å². The molecule has 0 bridgehead atoms. The molecule has 8 heteroatoms. The first kappa shape index (κ1) is 18.9. The molecule has 0 aliphatic carbocycles. The number of hydrogen-bond acceptors (Lipinski definition) is 4. The van der Waals surface area contributed by atoms with Gasteiger partial charge in [0.1, 0.15) is 11.4 Å². The topological polar surface area (TPSA) is 91.4 Å². The van der Waals surface area contributed by atoms with Crippen LogP contribution in [0.3, 0.4) is 0 Å². The number of aromatic hydroxyl groups is 1. The van der Waals surface area contributed by atoms with E-state index in [2.05, 4.69) is 19.9 Å². The molecule has 1 aliphatic heterocycles. The highest BCUT2D eigenvalue weighted by Crippen LogP contribution is 2.38. The van der Waals surface area contributed by atoms with Crippen molar-refractivity contribution < 1.29 is 9.90 Å². The molecule has 0 unspecified atom stereocenters. The summed E-state index contributed by atoms with van der Waals surface area (Å²) in [6.07, 6.45) is 2.53. The van der Waals surface area contributed by atoms with Gasteiger partial charge in [-0.3, -0.25) is 9.48 Å². The molecule has 2 aromatic carbocycles. The van der Waals surface area contributed by atoms with Gasteiger partial charge < -0.3 is 15.0 Å². The fraction of sp³-hybridized carbons (Fsp3) is 0.217. The average Bonchev–Trinajstić information content (AvgIpc) is 3.33. The second kappa shape index (κ2) is 7.29. The Hall–Kier alpha value is -4.12. The third kappa shape index (κ3) is 3.20. The molecule has 3 heterocycles. The van der Waals surface area contributed by atoms with Crippen molar-refractivity contribution in [2.45, 2.75) is 19.3 Å². The standard InChI is InChI=1S/C23H20N6O2/c1-24-15-8-11-17-18(13-15)26-23(25-17)21-22(31)20(27-28(21)2)14-6-9-16(10-7-14)29-12-4-3-5-19(29)30/h6-11,13,31H,3-5,12H2,2H3,(H,25,26). The minimum Gasteiger partial charge on any atom is -0.504 e. The minimum absolute atomic E-state index is 0.0220. The zero-order valence-electron chi connectivity index (χ0n) is 17.0. The zero-order chi connectivity index (χ0) is 21.5. The molecule has 5 rings (SSSR count). The summed E-state index contributed by atoms with van der Waals surface area (Å²) in [5.41, 5.74) is 4.45. The van der Waals surface area contributed by atoms with Gasteiger partial charge in [0.05, 0.1) is 17.6 Å². The van der Waals surface area contributed by atoms with Crippen LogP contribution in [0.4, 0.5) is 11.4 Å². The number of imidazole rings is 1. The van der Waals surface area contributed by atoms with Crippen LogP contribution < -0.4 is 4.90 Å². The fourth-order valence-corrected chi connectivity index (χ4v) is 4.03. The Labute approximate surface area is 178 Å². The molecule has 2 aromatic heterocycles. The number of fused-ring (bicyclic) bond motifs is 1. The highest BCUT2D eigenvalue weighted by Gasteiger charge is 2.23. The van der Waals surface area contributed by atoms with Crippen molar-refractivity contribution >= 4 is 28.3 Å². The molecule has 1 fully saturated rings. The Morgan fingerprint density at radius 2 is 1.97 bits per heavy atom. The van der Waals surface area contributed by atoms with E-state index in [4.69, 9.17) is 6.57 Å². The first-order valence-electron chi connectivity index (χ1n) is 10.1. The Morgan fingerprint density at radius 1 is 1.16 bits per heavy atom. The molecule has 1 aliphatic rings. The number of nitrogens with zero attached hydrogens (tertiary/aromatic N) is 5. The highest BCUT2D eigenvalue weighted by atomic mass is 16.3. The van der Waals surface area contributed by atoms with Crippen LogP contribution in [0.5, 0.6) is 5.75 Å². The first-order chi connectivity index (χ1) is 15.0. The number of carbonyl (C=O) groups is 1. The normalized spacial score (nSPS) is 14.2. The van der Waals surface area contributed by atoms with Crippen LogP contribution in [0.15, 0.2) is 42.5 Å². The van der Waals surface area contributed by atoms with Gasteiger partial charge in [-0.05, 0) is 37.1 Å². The number of piperidine rings is 1. The second-order valence-corrected chi connectivity index (χ2v) is 7.62. The van der Waals surface area contributed by atoms with Gasteiger partial charge in [0.15, 0.2) is 17.3 Å². The van der Waals surface area contributed by atoms with E-state index in [9.17, 15) is 9.90 Å². The Kier molecular flexibility index (Phi) is 4.44. The lowest BCUT2D eigenvalue weighted by molar-refractivity contribution is -0.119. The van der Waals surface area contributed by atoms with Crippen molar-refractivity contribution in [3.05, 3.63) is 53.9 Å². The minimum atomic E-state index is 0.0220. The molecule has 31 heavy (non-hydrogen) atoms. The van der Waals surface area contributed by atoms with Gasteiger partial charge in [-0.1, -0.05) is 18.2 Å². The van der Waals surface area contributed by atoms with E-state index in [1.54, 1.807) is 29.9 Å². The van der Waals surface area contributed by atoms with Crippen LogP contribution in [0.25, 0.3) is 38.7 Å². The van der Waals surface area contributed by atoms with Crippen LogP contribution >= 0.6 is 0 Å². The molecule has 4 aromatic rings. The first-order valence-corrected chi connectivity index (χ1v) is 10.1. The van der Waals surface area contributed by atoms with E-state index in [0.29, 0.717) is 34.8 Å². The monoisotopic (exact) mass is 412 g/mol. The smallest absolute Gasteiger partial charge is 0.226 e.